The number of ether oxygens (including phenoxy) is 1. The Kier molecular flexibility index (Phi) is 4.67. The number of para-hydroxylation sites is 1. The van der Waals surface area contributed by atoms with E-state index < -0.39 is 11.6 Å². The van der Waals surface area contributed by atoms with Crippen molar-refractivity contribution in [2.75, 3.05) is 0 Å². The van der Waals surface area contributed by atoms with Crippen LogP contribution in [-0.4, -0.2) is 16.7 Å². The number of rotatable bonds is 2. The molecule has 3 nitrogen and oxygen atoms in total. The lowest BCUT2D eigenvalue weighted by Crippen LogP contribution is -2.46. The minimum atomic E-state index is -0.735. The van der Waals surface area contributed by atoms with Crippen molar-refractivity contribution in [1.29, 1.82) is 0 Å². The summed E-state index contributed by atoms with van der Waals surface area (Å²) in [6, 6.07) is 6.48. The van der Waals surface area contributed by atoms with Gasteiger partial charge in [-0.25, -0.2) is 4.79 Å². The predicted octanol–water partition coefficient (Wildman–Crippen LogP) is 5.27. The van der Waals surface area contributed by atoms with E-state index in [1.807, 2.05) is 6.08 Å². The summed E-state index contributed by atoms with van der Waals surface area (Å²) in [6.45, 7) is 12.7. The van der Waals surface area contributed by atoms with E-state index in [0.29, 0.717) is 6.42 Å². The average molecular weight is 328 g/mol. The van der Waals surface area contributed by atoms with Crippen molar-refractivity contribution < 1.29 is 14.6 Å². The van der Waals surface area contributed by atoms with Crippen molar-refractivity contribution in [3.8, 4) is 5.75 Å². The Morgan fingerprint density at radius 1 is 1.12 bits per heavy atom. The molecule has 3 heteroatoms. The van der Waals surface area contributed by atoms with Crippen LogP contribution in [0.25, 0.3) is 0 Å². The van der Waals surface area contributed by atoms with Gasteiger partial charge in [-0.05, 0) is 29.2 Å². The van der Waals surface area contributed by atoms with Crippen molar-refractivity contribution in [2.45, 2.75) is 53.6 Å². The van der Waals surface area contributed by atoms with Crippen LogP contribution in [-0.2, 0) is 4.74 Å². The minimum absolute atomic E-state index is 0.0578. The Morgan fingerprint density at radius 2 is 1.75 bits per heavy atom. The summed E-state index contributed by atoms with van der Waals surface area (Å²) in [6.07, 6.45) is 6.85. The van der Waals surface area contributed by atoms with Gasteiger partial charge in [-0.1, -0.05) is 65.8 Å². The van der Waals surface area contributed by atoms with Gasteiger partial charge in [-0.15, -0.1) is 0 Å². The molecule has 0 spiro atoms. The van der Waals surface area contributed by atoms with Crippen molar-refractivity contribution in [2.24, 2.45) is 10.8 Å². The lowest BCUT2D eigenvalue weighted by molar-refractivity contribution is -0.0473. The number of esters is 1. The monoisotopic (exact) mass is 328 g/mol. The molecule has 0 heterocycles. The molecule has 1 unspecified atom stereocenters. The second kappa shape index (κ2) is 6.12. The summed E-state index contributed by atoms with van der Waals surface area (Å²) in [5.74, 6) is -0.558. The van der Waals surface area contributed by atoms with Crippen molar-refractivity contribution in [3.63, 3.8) is 0 Å². The normalized spacial score (nSPS) is 21.3. The van der Waals surface area contributed by atoms with Crippen molar-refractivity contribution in [3.05, 3.63) is 53.6 Å². The van der Waals surface area contributed by atoms with E-state index in [4.69, 9.17) is 4.74 Å². The Bertz CT molecular complexity index is 684. The standard InChI is InChI=1S/C21H28O3/c1-19(2,3)15-11-13-21(14-12-15,20(4,5)6)24-18(23)16-9-7-8-10-17(16)22/h7-13,22H,14H2,1-6H3. The van der Waals surface area contributed by atoms with Crippen molar-refractivity contribution in [1.82, 2.24) is 0 Å². The Labute approximate surface area is 145 Å². The average Bonchev–Trinajstić information content (AvgIpc) is 2.46. The van der Waals surface area contributed by atoms with E-state index in [1.165, 1.54) is 11.6 Å². The zero-order valence-corrected chi connectivity index (χ0v) is 15.5. The molecule has 0 bridgehead atoms. The highest BCUT2D eigenvalue weighted by Gasteiger charge is 2.44. The fourth-order valence-corrected chi connectivity index (χ4v) is 2.83. The number of carbonyl (C=O) groups is 1. The first kappa shape index (κ1) is 18.3. The highest BCUT2D eigenvalue weighted by molar-refractivity contribution is 5.92. The molecule has 130 valence electrons. The summed E-state index contributed by atoms with van der Waals surface area (Å²) >= 11 is 0. The van der Waals surface area contributed by atoms with Crippen LogP contribution < -0.4 is 0 Å². The zero-order valence-electron chi connectivity index (χ0n) is 15.5. The molecule has 0 saturated heterocycles. The lowest BCUT2D eigenvalue weighted by Gasteiger charge is -2.43. The fraction of sp³-hybridized carbons (Fsp3) is 0.476. The van der Waals surface area contributed by atoms with Gasteiger partial charge in [0.25, 0.3) is 0 Å². The van der Waals surface area contributed by atoms with Crippen LogP contribution in [0, 0.1) is 10.8 Å². The molecule has 1 N–H and O–H groups in total. The highest BCUT2D eigenvalue weighted by atomic mass is 16.6. The van der Waals surface area contributed by atoms with Crippen LogP contribution in [0.4, 0.5) is 0 Å². The van der Waals surface area contributed by atoms with E-state index in [2.05, 4.69) is 53.7 Å². The van der Waals surface area contributed by atoms with E-state index in [0.717, 1.165) is 0 Å². The summed E-state index contributed by atoms with van der Waals surface area (Å²) in [4.78, 5) is 12.6. The van der Waals surface area contributed by atoms with Crippen LogP contribution in [0.1, 0.15) is 58.3 Å². The molecular weight excluding hydrogens is 300 g/mol. The number of phenolic OH excluding ortho intramolecular Hbond substituents is 1. The first-order valence-corrected chi connectivity index (χ1v) is 8.37. The Hall–Kier alpha value is -2.03. The quantitative estimate of drug-likeness (QED) is 0.753. The zero-order chi connectivity index (χ0) is 18.2. The second-order valence-electron chi connectivity index (χ2n) is 8.49. The molecule has 0 amide bonds. The van der Waals surface area contributed by atoms with Gasteiger partial charge in [-0.3, -0.25) is 0 Å². The van der Waals surface area contributed by atoms with E-state index >= 15 is 0 Å². The molecule has 0 aliphatic heterocycles. The topological polar surface area (TPSA) is 46.5 Å². The van der Waals surface area contributed by atoms with Crippen LogP contribution in [0.15, 0.2) is 48.1 Å². The van der Waals surface area contributed by atoms with Gasteiger partial charge in [0.15, 0.2) is 0 Å². The molecule has 0 radical (unpaired) electrons. The number of phenols is 1. The minimum Gasteiger partial charge on any atom is -0.507 e. The van der Waals surface area contributed by atoms with Crippen LogP contribution in [0.5, 0.6) is 5.75 Å². The third-order valence-corrected chi connectivity index (χ3v) is 4.69. The van der Waals surface area contributed by atoms with Crippen molar-refractivity contribution >= 4 is 5.97 Å². The van der Waals surface area contributed by atoms with E-state index in [9.17, 15) is 9.90 Å². The molecular formula is C21H28O3. The molecule has 0 saturated carbocycles. The Morgan fingerprint density at radius 3 is 2.21 bits per heavy atom. The van der Waals surface area contributed by atoms with Gasteiger partial charge < -0.3 is 9.84 Å². The first-order chi connectivity index (χ1) is 11.0. The molecule has 1 aromatic carbocycles. The van der Waals surface area contributed by atoms with E-state index in [-0.39, 0.29) is 22.1 Å². The smallest absolute Gasteiger partial charge is 0.342 e. The molecule has 1 aliphatic rings. The highest BCUT2D eigenvalue weighted by Crippen LogP contribution is 2.44. The Balaban J connectivity index is 2.33. The molecule has 0 fully saturated rings. The fourth-order valence-electron chi connectivity index (χ4n) is 2.83. The molecule has 0 aromatic heterocycles. The third-order valence-electron chi connectivity index (χ3n) is 4.69. The number of allylic oxidation sites excluding steroid dienone is 2. The molecule has 2 rings (SSSR count). The second-order valence-corrected chi connectivity index (χ2v) is 8.49. The summed E-state index contributed by atoms with van der Waals surface area (Å²) in [5.41, 5.74) is 0.480. The van der Waals surface area contributed by atoms with E-state index in [1.54, 1.807) is 18.2 Å². The maximum absolute atomic E-state index is 12.6. The van der Waals surface area contributed by atoms with Gasteiger partial charge in [0.05, 0.1) is 0 Å². The largest absolute Gasteiger partial charge is 0.507 e. The van der Waals surface area contributed by atoms with Crippen LogP contribution >= 0.6 is 0 Å². The summed E-state index contributed by atoms with van der Waals surface area (Å²) in [5, 5.41) is 9.92. The molecule has 24 heavy (non-hydrogen) atoms. The van der Waals surface area contributed by atoms with Crippen LogP contribution in [0.3, 0.4) is 0 Å². The predicted molar refractivity (Wildman–Crippen MR) is 97.0 cm³/mol. The van der Waals surface area contributed by atoms with Crippen LogP contribution in [0.2, 0.25) is 0 Å². The van der Waals surface area contributed by atoms with Gasteiger partial charge in [0.1, 0.15) is 16.9 Å². The van der Waals surface area contributed by atoms with Gasteiger partial charge in [-0.2, -0.15) is 0 Å². The number of hydrogen-bond acceptors (Lipinski definition) is 3. The maximum Gasteiger partial charge on any atom is 0.342 e. The van der Waals surface area contributed by atoms with Gasteiger partial charge >= 0.3 is 5.97 Å². The SMILES string of the molecule is CC(C)(C)C1=CCC(OC(=O)c2ccccc2O)(C(C)(C)C)C=C1. The number of carbonyl (C=O) groups excluding carboxylic acids is 1. The lowest BCUT2D eigenvalue weighted by atomic mass is 9.70. The van der Waals surface area contributed by atoms with Gasteiger partial charge in [0.2, 0.25) is 0 Å². The maximum atomic E-state index is 12.6. The number of hydrogen-bond donors (Lipinski definition) is 1. The number of aromatic hydroxyl groups is 1. The molecule has 1 atom stereocenters. The van der Waals surface area contributed by atoms with Gasteiger partial charge in [0, 0.05) is 11.8 Å². The summed E-state index contributed by atoms with van der Waals surface area (Å²) in [7, 11) is 0. The molecule has 1 aromatic rings. The number of benzene rings is 1. The third kappa shape index (κ3) is 3.55. The molecule has 1 aliphatic carbocycles. The summed E-state index contributed by atoms with van der Waals surface area (Å²) < 4.78 is 5.94. The first-order valence-electron chi connectivity index (χ1n) is 8.37.